The Balaban J connectivity index is 1.63. The second kappa shape index (κ2) is 5.30. The first-order valence-electron chi connectivity index (χ1n) is 8.99. The van der Waals surface area contributed by atoms with Crippen LogP contribution in [0.5, 0.6) is 0 Å². The second-order valence-corrected chi connectivity index (χ2v) is 7.25. The van der Waals surface area contributed by atoms with Crippen LogP contribution in [0.25, 0.3) is 10.9 Å². The number of aliphatic hydroxyl groups is 1. The molecule has 0 radical (unpaired) electrons. The minimum Gasteiger partial charge on any atom is -0.388 e. The Morgan fingerprint density at radius 3 is 3.00 bits per heavy atom. The van der Waals surface area contributed by atoms with Crippen molar-refractivity contribution in [2.24, 2.45) is 5.92 Å². The normalized spacial score (nSPS) is 22.4. The predicted molar refractivity (Wildman–Crippen MR) is 94.6 cm³/mol. The molecule has 1 N–H and O–H groups in total. The number of hydrogen-bond donors (Lipinski definition) is 1. The molecule has 1 unspecified atom stereocenters. The van der Waals surface area contributed by atoms with Crippen LogP contribution in [0.4, 0.5) is 0 Å². The third-order valence-electron chi connectivity index (χ3n) is 5.89. The molecule has 5 heteroatoms. The van der Waals surface area contributed by atoms with Gasteiger partial charge >= 0.3 is 0 Å². The van der Waals surface area contributed by atoms with Gasteiger partial charge in [-0.2, -0.15) is 0 Å². The van der Waals surface area contributed by atoms with Gasteiger partial charge in [0.2, 0.25) is 0 Å². The number of nitrogens with zero attached hydrogens (tertiary/aromatic N) is 3. The van der Waals surface area contributed by atoms with Crippen LogP contribution in [0.1, 0.15) is 46.4 Å². The highest BCUT2D eigenvalue weighted by Gasteiger charge is 2.35. The van der Waals surface area contributed by atoms with Crippen LogP contribution in [0, 0.1) is 12.8 Å². The average Bonchev–Trinajstić information content (AvgIpc) is 3.16. The van der Waals surface area contributed by atoms with Gasteiger partial charge < -0.3 is 14.2 Å². The van der Waals surface area contributed by atoms with Crippen LogP contribution < -0.4 is 0 Å². The summed E-state index contributed by atoms with van der Waals surface area (Å²) in [5, 5.41) is 11.4. The molecule has 2 aromatic heterocycles. The van der Waals surface area contributed by atoms with Gasteiger partial charge in [-0.3, -0.25) is 4.79 Å². The molecule has 0 amide bonds. The monoisotopic (exact) mass is 335 g/mol. The van der Waals surface area contributed by atoms with Gasteiger partial charge in [0.25, 0.3) is 0 Å². The molecule has 3 aromatic rings. The van der Waals surface area contributed by atoms with Crippen molar-refractivity contribution in [3.8, 4) is 0 Å². The number of hydrogen-bond acceptors (Lipinski definition) is 3. The third kappa shape index (κ3) is 2.05. The lowest BCUT2D eigenvalue weighted by Gasteiger charge is -2.25. The fourth-order valence-electron chi connectivity index (χ4n) is 4.60. The maximum Gasteiger partial charge on any atom is 0.170 e. The van der Waals surface area contributed by atoms with Gasteiger partial charge in [0, 0.05) is 53.6 Å². The summed E-state index contributed by atoms with van der Waals surface area (Å²) in [6.07, 6.45) is 5.83. The fourth-order valence-corrected chi connectivity index (χ4v) is 4.60. The van der Waals surface area contributed by atoms with E-state index >= 15 is 0 Å². The molecule has 0 saturated carbocycles. The van der Waals surface area contributed by atoms with Gasteiger partial charge in [-0.05, 0) is 26.2 Å². The van der Waals surface area contributed by atoms with Crippen molar-refractivity contribution >= 4 is 16.7 Å². The number of benzene rings is 1. The fraction of sp³-hybridized carbons (Fsp3) is 0.400. The number of rotatable bonds is 2. The van der Waals surface area contributed by atoms with Crippen LogP contribution >= 0.6 is 0 Å². The minimum absolute atomic E-state index is 0.00576. The Bertz CT molecular complexity index is 998. The van der Waals surface area contributed by atoms with E-state index in [9.17, 15) is 9.90 Å². The zero-order chi connectivity index (χ0) is 17.1. The molecule has 3 heterocycles. The highest BCUT2D eigenvalue weighted by molar-refractivity contribution is 6.12. The lowest BCUT2D eigenvalue weighted by Crippen LogP contribution is -2.27. The average molecular weight is 335 g/mol. The number of para-hydroxylation sites is 1. The van der Waals surface area contributed by atoms with E-state index in [1.165, 1.54) is 0 Å². The molecule has 25 heavy (non-hydrogen) atoms. The van der Waals surface area contributed by atoms with Crippen molar-refractivity contribution in [3.63, 3.8) is 0 Å². The summed E-state index contributed by atoms with van der Waals surface area (Å²) in [4.78, 5) is 17.6. The first kappa shape index (κ1) is 14.9. The standard InChI is InChI=1S/C20H21N3O2/c1-12-21-8-10-22(12)11-13-5-6-16-18(20(13)25)15-4-2-3-14-17(24)7-9-23(16)19(14)15/h2-4,8,10,13,17,24H,5-7,9,11H2,1H3/t13-,17?/m1/s1. The summed E-state index contributed by atoms with van der Waals surface area (Å²) in [7, 11) is 0. The maximum absolute atomic E-state index is 13.3. The summed E-state index contributed by atoms with van der Waals surface area (Å²) < 4.78 is 4.35. The van der Waals surface area contributed by atoms with E-state index in [4.69, 9.17) is 0 Å². The van der Waals surface area contributed by atoms with Crippen LogP contribution in [0.15, 0.2) is 30.6 Å². The highest BCUT2D eigenvalue weighted by Crippen LogP contribution is 2.40. The van der Waals surface area contributed by atoms with Crippen molar-refractivity contribution < 1.29 is 9.90 Å². The van der Waals surface area contributed by atoms with Crippen molar-refractivity contribution in [3.05, 3.63) is 53.2 Å². The molecular weight excluding hydrogens is 314 g/mol. The smallest absolute Gasteiger partial charge is 0.170 e. The van der Waals surface area contributed by atoms with Crippen LogP contribution in [0.3, 0.4) is 0 Å². The molecule has 1 aromatic carbocycles. The largest absolute Gasteiger partial charge is 0.388 e. The van der Waals surface area contributed by atoms with E-state index in [1.54, 1.807) is 6.20 Å². The number of aromatic nitrogens is 3. The van der Waals surface area contributed by atoms with Crippen molar-refractivity contribution in [2.75, 3.05) is 0 Å². The van der Waals surface area contributed by atoms with Gasteiger partial charge in [-0.15, -0.1) is 0 Å². The number of aliphatic hydroxyl groups excluding tert-OH is 1. The predicted octanol–water partition coefficient (Wildman–Crippen LogP) is 3.03. The molecule has 0 spiro atoms. The maximum atomic E-state index is 13.3. The molecule has 5 nitrogen and oxygen atoms in total. The SMILES string of the molecule is Cc1nccn1C[C@H]1CCc2c(c3cccc4c3n2CCC4O)C1=O. The Morgan fingerprint density at radius 2 is 2.20 bits per heavy atom. The topological polar surface area (TPSA) is 60.1 Å². The van der Waals surface area contributed by atoms with Crippen molar-refractivity contribution in [1.29, 1.82) is 0 Å². The first-order chi connectivity index (χ1) is 12.1. The molecule has 0 fully saturated rings. The zero-order valence-electron chi connectivity index (χ0n) is 14.3. The molecule has 1 aliphatic carbocycles. The number of aryl methyl sites for hydroxylation is 2. The van der Waals surface area contributed by atoms with Gasteiger partial charge in [-0.1, -0.05) is 18.2 Å². The quantitative estimate of drug-likeness (QED) is 0.783. The Kier molecular flexibility index (Phi) is 3.16. The number of ketones is 1. The molecule has 2 aliphatic rings. The number of Topliss-reactive ketones (excluding diaryl/α,β-unsaturated/α-hetero) is 1. The summed E-state index contributed by atoms with van der Waals surface area (Å²) in [6.45, 7) is 3.46. The van der Waals surface area contributed by atoms with Gasteiger partial charge in [0.15, 0.2) is 5.78 Å². The molecule has 0 saturated heterocycles. The van der Waals surface area contributed by atoms with E-state index in [1.807, 2.05) is 31.3 Å². The minimum atomic E-state index is -0.424. The van der Waals surface area contributed by atoms with Crippen LogP contribution in [-0.4, -0.2) is 25.0 Å². The zero-order valence-corrected chi connectivity index (χ0v) is 14.3. The molecular formula is C20H21N3O2. The highest BCUT2D eigenvalue weighted by atomic mass is 16.3. The summed E-state index contributed by atoms with van der Waals surface area (Å²) in [5.41, 5.74) is 4.09. The summed E-state index contributed by atoms with van der Waals surface area (Å²) >= 11 is 0. The number of carbonyl (C=O) groups excluding carboxylic acids is 1. The molecule has 0 bridgehead atoms. The Morgan fingerprint density at radius 1 is 1.32 bits per heavy atom. The summed E-state index contributed by atoms with van der Waals surface area (Å²) in [6, 6.07) is 5.99. The lowest BCUT2D eigenvalue weighted by atomic mass is 9.84. The van der Waals surface area contributed by atoms with Crippen molar-refractivity contribution in [2.45, 2.75) is 45.4 Å². The second-order valence-electron chi connectivity index (χ2n) is 7.25. The van der Waals surface area contributed by atoms with Gasteiger partial charge in [0.05, 0.1) is 11.6 Å². The van der Waals surface area contributed by atoms with Crippen molar-refractivity contribution in [1.82, 2.24) is 14.1 Å². The lowest BCUT2D eigenvalue weighted by molar-refractivity contribution is 0.0887. The Hall–Kier alpha value is -2.40. The van der Waals surface area contributed by atoms with E-state index in [2.05, 4.69) is 14.1 Å². The van der Waals surface area contributed by atoms with E-state index in [-0.39, 0.29) is 11.7 Å². The number of carbonyl (C=O) groups is 1. The third-order valence-corrected chi connectivity index (χ3v) is 5.89. The molecule has 2 atom stereocenters. The molecule has 1 aliphatic heterocycles. The van der Waals surface area contributed by atoms with E-state index < -0.39 is 6.10 Å². The van der Waals surface area contributed by atoms with Crippen LogP contribution in [-0.2, 0) is 19.5 Å². The van der Waals surface area contributed by atoms with Gasteiger partial charge in [-0.25, -0.2) is 4.98 Å². The number of fused-ring (bicyclic) bond motifs is 3. The van der Waals surface area contributed by atoms with Crippen LogP contribution in [0.2, 0.25) is 0 Å². The van der Waals surface area contributed by atoms with Gasteiger partial charge in [0.1, 0.15) is 5.82 Å². The number of imidazole rings is 1. The first-order valence-corrected chi connectivity index (χ1v) is 8.99. The summed E-state index contributed by atoms with van der Waals surface area (Å²) in [5.74, 6) is 1.18. The molecule has 5 rings (SSSR count). The van der Waals surface area contributed by atoms with E-state index in [0.717, 1.165) is 59.4 Å². The Labute approximate surface area is 145 Å². The van der Waals surface area contributed by atoms with E-state index in [0.29, 0.717) is 6.54 Å². The molecule has 128 valence electrons.